The zero-order chi connectivity index (χ0) is 28.6. The van der Waals surface area contributed by atoms with Gasteiger partial charge in [-0.05, 0) is 55.2 Å². The fourth-order valence-electron chi connectivity index (χ4n) is 6.71. The minimum Gasteiger partial charge on any atom is -0.427 e. The molecular formula is C29H38N8O4. The number of aromatic nitrogens is 6. The maximum atomic E-state index is 11.1. The average Bonchev–Trinajstić information content (AvgIpc) is 3.57. The molecule has 3 aromatic heterocycles. The molecule has 2 aliphatic heterocycles. The molecule has 1 aromatic carbocycles. The fraction of sp³-hybridized carbons (Fsp3) is 0.586. The number of ether oxygens (including phenoxy) is 2. The third-order valence-corrected chi connectivity index (χ3v) is 9.20. The van der Waals surface area contributed by atoms with Crippen molar-refractivity contribution in [3.63, 3.8) is 0 Å². The number of nitrogens with two attached hydrogens (primary N) is 1. The Morgan fingerprint density at radius 3 is 2.71 bits per heavy atom. The minimum atomic E-state index is -0.857. The molecule has 0 amide bonds. The molecule has 2 saturated heterocycles. The zero-order valence-electron chi connectivity index (χ0n) is 23.9. The number of nitrogen functional groups attached to an aromatic ring is 1. The summed E-state index contributed by atoms with van der Waals surface area (Å²) in [6.07, 6.45) is 4.43. The van der Waals surface area contributed by atoms with Gasteiger partial charge in [0.05, 0.1) is 11.8 Å². The first-order valence-corrected chi connectivity index (χ1v) is 14.5. The first-order valence-electron chi connectivity index (χ1n) is 14.5. The topological polar surface area (TPSA) is 150 Å². The maximum absolute atomic E-state index is 11.1. The number of aliphatic hydroxyl groups is 1. The van der Waals surface area contributed by atoms with Crippen LogP contribution < -0.4 is 5.73 Å². The lowest BCUT2D eigenvalue weighted by molar-refractivity contribution is -0.199. The molecule has 3 aliphatic rings. The van der Waals surface area contributed by atoms with E-state index in [1.54, 1.807) is 10.9 Å². The molecule has 12 heteroatoms. The molecule has 41 heavy (non-hydrogen) atoms. The Hall–Kier alpha value is -3.32. The molecule has 5 heterocycles. The van der Waals surface area contributed by atoms with E-state index in [0.29, 0.717) is 41.3 Å². The lowest BCUT2D eigenvalue weighted by Gasteiger charge is -2.49. The summed E-state index contributed by atoms with van der Waals surface area (Å²) in [6, 6.07) is 6.50. The number of anilines is 1. The van der Waals surface area contributed by atoms with Gasteiger partial charge in [0.2, 0.25) is 0 Å². The standard InChI is InChI=1S/C29H38N8O4/c1-15-35(12-21-25(40-15)24(38)28(41-21)36-14-33-23-26(30)31-13-32-27(23)36)18-9-16(10-18)5-8-22-34-19-11-17(29(2,3)4)6-7-20(19)37(22)39/h6-7,11,13-16,18,21,24-25,28,38-39H,5,8-10,12H2,1-4H3,(H2,30,31,32)/t15?,16-,18-,21-,24-,25-,28-/m1/s1. The monoisotopic (exact) mass is 562 g/mol. The van der Waals surface area contributed by atoms with Crippen LogP contribution in [0.5, 0.6) is 0 Å². The second kappa shape index (κ2) is 9.62. The van der Waals surface area contributed by atoms with Gasteiger partial charge in [0.15, 0.2) is 17.7 Å². The van der Waals surface area contributed by atoms with Gasteiger partial charge in [-0.1, -0.05) is 26.8 Å². The van der Waals surface area contributed by atoms with Crippen LogP contribution in [-0.2, 0) is 21.3 Å². The van der Waals surface area contributed by atoms with Crippen molar-refractivity contribution >= 4 is 28.0 Å². The quantitative estimate of drug-likeness (QED) is 0.310. The highest BCUT2D eigenvalue weighted by Crippen LogP contribution is 2.42. The number of aryl methyl sites for hydroxylation is 1. The number of benzene rings is 1. The smallest absolute Gasteiger partial charge is 0.167 e. The van der Waals surface area contributed by atoms with Crippen molar-refractivity contribution in [2.24, 2.45) is 5.92 Å². The largest absolute Gasteiger partial charge is 0.427 e. The van der Waals surface area contributed by atoms with Crippen LogP contribution in [0.4, 0.5) is 5.82 Å². The van der Waals surface area contributed by atoms with Crippen molar-refractivity contribution in [1.29, 1.82) is 0 Å². The Morgan fingerprint density at radius 2 is 1.93 bits per heavy atom. The predicted molar refractivity (Wildman–Crippen MR) is 151 cm³/mol. The van der Waals surface area contributed by atoms with Crippen molar-refractivity contribution in [2.75, 3.05) is 12.3 Å². The van der Waals surface area contributed by atoms with Crippen LogP contribution in [0.1, 0.15) is 64.6 Å². The van der Waals surface area contributed by atoms with Crippen LogP contribution in [0.2, 0.25) is 0 Å². The van der Waals surface area contributed by atoms with Gasteiger partial charge in [0.1, 0.15) is 47.7 Å². The molecule has 0 bridgehead atoms. The lowest BCUT2D eigenvalue weighted by atomic mass is 9.76. The molecule has 0 spiro atoms. The van der Waals surface area contributed by atoms with E-state index in [9.17, 15) is 10.3 Å². The molecule has 12 nitrogen and oxygen atoms in total. The average molecular weight is 563 g/mol. The number of aliphatic hydroxyl groups excluding tert-OH is 1. The summed E-state index contributed by atoms with van der Waals surface area (Å²) < 4.78 is 15.6. The van der Waals surface area contributed by atoms with Gasteiger partial charge >= 0.3 is 0 Å². The third kappa shape index (κ3) is 4.44. The van der Waals surface area contributed by atoms with Crippen LogP contribution in [-0.4, -0.2) is 81.6 Å². The van der Waals surface area contributed by atoms with E-state index in [1.165, 1.54) is 16.6 Å². The Morgan fingerprint density at radius 1 is 1.12 bits per heavy atom. The van der Waals surface area contributed by atoms with Crippen molar-refractivity contribution < 1.29 is 19.8 Å². The van der Waals surface area contributed by atoms with Crippen molar-refractivity contribution in [1.82, 2.24) is 34.1 Å². The highest BCUT2D eigenvalue weighted by atomic mass is 16.6. The molecule has 218 valence electrons. The summed E-state index contributed by atoms with van der Waals surface area (Å²) in [6.45, 7) is 9.27. The van der Waals surface area contributed by atoms with E-state index in [4.69, 9.17) is 20.2 Å². The Kier molecular flexibility index (Phi) is 6.23. The SMILES string of the molecule is CC1O[C@H]2[C@@H](O)[C@H](n3cnc4c(N)ncnc43)O[C@@H]2CN1[C@H]1C[C@H](CCc2nc3cc(C(C)(C)C)ccc3n2O)C1. The first-order chi connectivity index (χ1) is 19.6. The number of nitrogens with zero attached hydrogens (tertiary/aromatic N) is 7. The number of rotatable bonds is 5. The molecule has 0 radical (unpaired) electrons. The van der Waals surface area contributed by atoms with Crippen LogP contribution in [0.15, 0.2) is 30.9 Å². The van der Waals surface area contributed by atoms with Crippen molar-refractivity contribution in [3.8, 4) is 0 Å². The molecule has 1 saturated carbocycles. The second-order valence-electron chi connectivity index (χ2n) is 12.9. The summed E-state index contributed by atoms with van der Waals surface area (Å²) in [5, 5.41) is 21.9. The van der Waals surface area contributed by atoms with E-state index in [2.05, 4.69) is 52.8 Å². The van der Waals surface area contributed by atoms with Crippen LogP contribution >= 0.6 is 0 Å². The van der Waals surface area contributed by atoms with E-state index >= 15 is 0 Å². The summed E-state index contributed by atoms with van der Waals surface area (Å²) in [5.41, 5.74) is 9.79. The highest BCUT2D eigenvalue weighted by Gasteiger charge is 2.52. The summed E-state index contributed by atoms with van der Waals surface area (Å²) >= 11 is 0. The van der Waals surface area contributed by atoms with Gasteiger partial charge in [-0.25, -0.2) is 19.9 Å². The Labute approximate surface area is 238 Å². The number of imidazole rings is 2. The number of hydrogen-bond donors (Lipinski definition) is 3. The van der Waals surface area contributed by atoms with Gasteiger partial charge < -0.3 is 25.5 Å². The third-order valence-electron chi connectivity index (χ3n) is 9.20. The zero-order valence-corrected chi connectivity index (χ0v) is 23.9. The van der Waals surface area contributed by atoms with Crippen LogP contribution in [0.3, 0.4) is 0 Å². The van der Waals surface area contributed by atoms with Crippen molar-refractivity contribution in [3.05, 3.63) is 42.2 Å². The first kappa shape index (κ1) is 26.6. The molecule has 7 rings (SSSR count). The molecule has 5 atom stereocenters. The van der Waals surface area contributed by atoms with Gasteiger partial charge in [-0.3, -0.25) is 9.47 Å². The van der Waals surface area contributed by atoms with Crippen LogP contribution in [0, 0.1) is 5.92 Å². The number of hydrogen-bond acceptors (Lipinski definition) is 10. The van der Waals surface area contributed by atoms with Gasteiger partial charge in [-0.2, -0.15) is 4.73 Å². The van der Waals surface area contributed by atoms with Gasteiger partial charge in [0, 0.05) is 19.0 Å². The maximum Gasteiger partial charge on any atom is 0.167 e. The Bertz CT molecular complexity index is 1590. The van der Waals surface area contributed by atoms with E-state index in [-0.39, 0.29) is 17.7 Å². The van der Waals surface area contributed by atoms with Gasteiger partial charge in [-0.15, -0.1) is 0 Å². The summed E-state index contributed by atoms with van der Waals surface area (Å²) in [5.74, 6) is 1.56. The summed E-state index contributed by atoms with van der Waals surface area (Å²) in [4.78, 5) is 19.7. The molecule has 4 N–H and O–H groups in total. The lowest BCUT2D eigenvalue weighted by Crippen LogP contribution is -2.59. The molecular weight excluding hydrogens is 524 g/mol. The van der Waals surface area contributed by atoms with E-state index < -0.39 is 18.4 Å². The predicted octanol–water partition coefficient (Wildman–Crippen LogP) is 3.01. The molecule has 4 aromatic rings. The molecule has 1 unspecified atom stereocenters. The minimum absolute atomic E-state index is 0.0315. The van der Waals surface area contributed by atoms with Crippen LogP contribution in [0.25, 0.3) is 22.2 Å². The van der Waals surface area contributed by atoms with Gasteiger partial charge in [0.25, 0.3) is 0 Å². The number of fused-ring (bicyclic) bond motifs is 3. The molecule has 1 aliphatic carbocycles. The van der Waals surface area contributed by atoms with E-state index in [1.807, 2.05) is 13.0 Å². The Balaban J connectivity index is 0.972. The van der Waals surface area contributed by atoms with Crippen molar-refractivity contribution in [2.45, 2.75) is 95.6 Å². The fourth-order valence-corrected chi connectivity index (χ4v) is 6.71. The summed E-state index contributed by atoms with van der Waals surface area (Å²) in [7, 11) is 0. The second-order valence-corrected chi connectivity index (χ2v) is 12.9. The normalized spacial score (nSPS) is 30.6. The highest BCUT2D eigenvalue weighted by molar-refractivity contribution is 5.81. The van der Waals surface area contributed by atoms with E-state index in [0.717, 1.165) is 36.7 Å². The molecule has 3 fully saturated rings.